The van der Waals surface area contributed by atoms with Crippen molar-refractivity contribution in [3.8, 4) is 11.4 Å². The molecule has 34 heavy (non-hydrogen) atoms. The molecule has 1 N–H and O–H groups in total. The van der Waals surface area contributed by atoms with Gasteiger partial charge < -0.3 is 9.84 Å². The van der Waals surface area contributed by atoms with Crippen molar-refractivity contribution in [2.45, 2.75) is 32.9 Å². The van der Waals surface area contributed by atoms with Crippen LogP contribution in [-0.4, -0.2) is 21.1 Å². The lowest BCUT2D eigenvalue weighted by molar-refractivity contribution is 0.203. The number of rotatable bonds is 6. The first-order chi connectivity index (χ1) is 16.5. The summed E-state index contributed by atoms with van der Waals surface area (Å²) in [6, 6.07) is 19.0. The third-order valence-corrected chi connectivity index (χ3v) is 7.08. The molecule has 8 heteroatoms. The predicted molar refractivity (Wildman–Crippen MR) is 134 cm³/mol. The third-order valence-electron chi connectivity index (χ3n) is 5.97. The summed E-state index contributed by atoms with van der Waals surface area (Å²) < 4.78 is 5.75. The molecular weight excluding hydrogens is 468 g/mol. The molecule has 0 fully saturated rings. The van der Waals surface area contributed by atoms with Crippen LogP contribution in [0.1, 0.15) is 41.8 Å². The fourth-order valence-electron chi connectivity index (χ4n) is 4.05. The van der Waals surface area contributed by atoms with Crippen LogP contribution in [0.5, 0.6) is 0 Å². The molecule has 0 spiro atoms. The lowest BCUT2D eigenvalue weighted by Gasteiger charge is -2.35. The van der Waals surface area contributed by atoms with Crippen LogP contribution < -0.4 is 5.32 Å². The van der Waals surface area contributed by atoms with Crippen molar-refractivity contribution < 1.29 is 9.32 Å². The number of urea groups is 1. The summed E-state index contributed by atoms with van der Waals surface area (Å²) in [7, 11) is 0. The predicted octanol–water partition coefficient (Wildman–Crippen LogP) is 6.71. The number of carbonyl (C=O) groups excluding carboxylic acids is 1. The fraction of sp³-hybridized carbons (Fsp3) is 0.192. The van der Waals surface area contributed by atoms with Crippen LogP contribution in [0, 0.1) is 0 Å². The van der Waals surface area contributed by atoms with Gasteiger partial charge in [0.15, 0.2) is 0 Å². The summed E-state index contributed by atoms with van der Waals surface area (Å²) in [5.41, 5.74) is 4.56. The van der Waals surface area contributed by atoms with Gasteiger partial charge in [0.25, 0.3) is 5.89 Å². The molecule has 0 aliphatic carbocycles. The highest BCUT2D eigenvalue weighted by atomic mass is 35.5. The first kappa shape index (κ1) is 22.4. The lowest BCUT2D eigenvalue weighted by atomic mass is 9.93. The number of allylic oxidation sites excluding steroid dienone is 1. The summed E-state index contributed by atoms with van der Waals surface area (Å²) in [5, 5.41) is 10.0. The summed E-state index contributed by atoms with van der Waals surface area (Å²) >= 11 is 7.64. The molecule has 2 aromatic carbocycles. The van der Waals surface area contributed by atoms with Crippen LogP contribution in [0.3, 0.4) is 0 Å². The molecule has 2 aromatic heterocycles. The highest BCUT2D eigenvalue weighted by molar-refractivity contribution is 7.09. The Morgan fingerprint density at radius 1 is 1.12 bits per heavy atom. The maximum atomic E-state index is 13.2. The molecule has 0 bridgehead atoms. The second-order valence-electron chi connectivity index (χ2n) is 8.07. The molecule has 1 aliphatic heterocycles. The van der Waals surface area contributed by atoms with E-state index in [1.807, 2.05) is 48.7 Å². The Bertz CT molecular complexity index is 1330. The Hall–Kier alpha value is -3.42. The Morgan fingerprint density at radius 2 is 1.88 bits per heavy atom. The fourth-order valence-corrected chi connectivity index (χ4v) is 4.87. The molecule has 172 valence electrons. The lowest BCUT2D eigenvalue weighted by Crippen LogP contribution is -2.45. The molecule has 5 rings (SSSR count). The van der Waals surface area contributed by atoms with Crippen molar-refractivity contribution in [3.05, 3.63) is 98.7 Å². The van der Waals surface area contributed by atoms with Gasteiger partial charge in [-0.05, 0) is 60.2 Å². The SMILES string of the molecule is CCc1ccc(C2NC(=O)N(Cc3cccs3)C(C)=C2c2nc(-c3ccc(Cl)cc3)no2)cc1. The van der Waals surface area contributed by atoms with Crippen molar-refractivity contribution in [3.63, 3.8) is 0 Å². The standard InChI is InChI=1S/C26H23ClN4O2S/c1-3-17-6-8-18(9-7-17)23-22(16(2)31(26(32)28-23)15-21-5-4-14-34-21)25-29-24(30-33-25)19-10-12-20(27)13-11-19/h4-14,23H,3,15H2,1-2H3,(H,28,32). The van der Waals surface area contributed by atoms with Crippen LogP contribution in [0.15, 0.2) is 76.3 Å². The summed E-state index contributed by atoms with van der Waals surface area (Å²) in [5.74, 6) is 0.844. The molecule has 2 amide bonds. The second-order valence-corrected chi connectivity index (χ2v) is 9.54. The zero-order valence-corrected chi connectivity index (χ0v) is 20.4. The van der Waals surface area contributed by atoms with E-state index in [0.717, 1.165) is 33.7 Å². The van der Waals surface area contributed by atoms with Gasteiger partial charge >= 0.3 is 6.03 Å². The van der Waals surface area contributed by atoms with Gasteiger partial charge in [0.1, 0.15) is 0 Å². The highest BCUT2D eigenvalue weighted by Crippen LogP contribution is 2.38. The van der Waals surface area contributed by atoms with E-state index in [0.29, 0.717) is 23.3 Å². The molecule has 6 nitrogen and oxygen atoms in total. The quantitative estimate of drug-likeness (QED) is 0.326. The minimum absolute atomic E-state index is 0.156. The van der Waals surface area contributed by atoms with Gasteiger partial charge in [-0.2, -0.15) is 4.98 Å². The molecule has 3 heterocycles. The van der Waals surface area contributed by atoms with Crippen LogP contribution in [0.2, 0.25) is 5.02 Å². The van der Waals surface area contributed by atoms with E-state index >= 15 is 0 Å². The smallest absolute Gasteiger partial charge is 0.322 e. The minimum Gasteiger partial charge on any atom is -0.334 e. The van der Waals surface area contributed by atoms with Crippen molar-refractivity contribution >= 4 is 34.5 Å². The first-order valence-electron chi connectivity index (χ1n) is 11.0. The van der Waals surface area contributed by atoms with Gasteiger partial charge in [-0.25, -0.2) is 4.79 Å². The molecule has 1 aliphatic rings. The molecule has 4 aromatic rings. The van der Waals surface area contributed by atoms with E-state index in [4.69, 9.17) is 21.1 Å². The first-order valence-corrected chi connectivity index (χ1v) is 12.3. The van der Waals surface area contributed by atoms with Crippen LogP contribution in [0.25, 0.3) is 17.0 Å². The molecule has 0 radical (unpaired) electrons. The molecule has 1 unspecified atom stereocenters. The number of amides is 2. The van der Waals surface area contributed by atoms with Gasteiger partial charge in [0, 0.05) is 21.2 Å². The Balaban J connectivity index is 1.58. The maximum absolute atomic E-state index is 13.2. The van der Waals surface area contributed by atoms with Crippen LogP contribution >= 0.6 is 22.9 Å². The normalized spacial score (nSPS) is 16.1. The number of nitrogens with one attached hydrogen (secondary N) is 1. The van der Waals surface area contributed by atoms with Crippen molar-refractivity contribution in [2.75, 3.05) is 0 Å². The molecule has 1 atom stereocenters. The topological polar surface area (TPSA) is 71.3 Å². The number of aromatic nitrogens is 2. The average Bonchev–Trinajstić information content (AvgIpc) is 3.54. The van der Waals surface area contributed by atoms with E-state index < -0.39 is 6.04 Å². The van der Waals surface area contributed by atoms with Gasteiger partial charge in [0.2, 0.25) is 5.82 Å². The van der Waals surface area contributed by atoms with Gasteiger partial charge in [-0.3, -0.25) is 4.90 Å². The van der Waals surface area contributed by atoms with E-state index in [-0.39, 0.29) is 6.03 Å². The zero-order valence-electron chi connectivity index (χ0n) is 18.8. The average molecular weight is 491 g/mol. The van der Waals surface area contributed by atoms with Crippen molar-refractivity contribution in [2.24, 2.45) is 0 Å². The van der Waals surface area contributed by atoms with Gasteiger partial charge in [-0.1, -0.05) is 54.0 Å². The monoisotopic (exact) mass is 490 g/mol. The number of nitrogens with zero attached hydrogens (tertiary/aromatic N) is 3. The second kappa shape index (κ2) is 9.44. The van der Waals surface area contributed by atoms with E-state index in [1.165, 1.54) is 5.56 Å². The van der Waals surface area contributed by atoms with Crippen LogP contribution in [-0.2, 0) is 13.0 Å². The van der Waals surface area contributed by atoms with Gasteiger partial charge in [-0.15, -0.1) is 11.3 Å². The number of thiophene rings is 1. The summed E-state index contributed by atoms with van der Waals surface area (Å²) in [6.07, 6.45) is 0.946. The summed E-state index contributed by atoms with van der Waals surface area (Å²) in [4.78, 5) is 20.7. The largest absolute Gasteiger partial charge is 0.334 e. The maximum Gasteiger partial charge on any atom is 0.322 e. The number of carbonyl (C=O) groups is 1. The number of hydrogen-bond acceptors (Lipinski definition) is 5. The third kappa shape index (κ3) is 4.36. The molecular formula is C26H23ClN4O2S. The van der Waals surface area contributed by atoms with E-state index in [9.17, 15) is 4.79 Å². The van der Waals surface area contributed by atoms with Crippen molar-refractivity contribution in [1.82, 2.24) is 20.4 Å². The Morgan fingerprint density at radius 3 is 2.56 bits per heavy atom. The minimum atomic E-state index is -0.406. The Labute approximate surface area is 206 Å². The molecule has 0 saturated heterocycles. The zero-order chi connectivity index (χ0) is 23.7. The van der Waals surface area contributed by atoms with Crippen molar-refractivity contribution in [1.29, 1.82) is 0 Å². The number of hydrogen-bond donors (Lipinski definition) is 1. The number of halogens is 1. The van der Waals surface area contributed by atoms with E-state index in [2.05, 4.69) is 29.5 Å². The molecule has 0 saturated carbocycles. The van der Waals surface area contributed by atoms with Gasteiger partial charge in [0.05, 0.1) is 18.2 Å². The van der Waals surface area contributed by atoms with E-state index in [1.54, 1.807) is 28.4 Å². The van der Waals surface area contributed by atoms with Crippen LogP contribution in [0.4, 0.5) is 4.79 Å². The summed E-state index contributed by atoms with van der Waals surface area (Å²) in [6.45, 7) is 4.52. The number of aryl methyl sites for hydroxylation is 1. The Kier molecular flexibility index (Phi) is 6.22. The number of benzene rings is 2. The highest BCUT2D eigenvalue weighted by Gasteiger charge is 2.35.